The Balaban J connectivity index is 2.59. The molecule has 5 heteroatoms. The average molecular weight is 229 g/mol. The molecule has 0 aliphatic carbocycles. The van der Waals surface area contributed by atoms with Gasteiger partial charge in [0.25, 0.3) is 0 Å². The second-order valence-corrected chi connectivity index (χ2v) is 3.52. The van der Waals surface area contributed by atoms with Gasteiger partial charge in [-0.25, -0.2) is 0 Å². The Bertz CT molecular complexity index is 448. The van der Waals surface area contributed by atoms with Gasteiger partial charge in [0.05, 0.1) is 5.56 Å². The van der Waals surface area contributed by atoms with Gasteiger partial charge in [-0.3, -0.25) is 0 Å². The predicted octanol–water partition coefficient (Wildman–Crippen LogP) is 3.23. The fraction of sp³-hybridized carbons (Fsp3) is 0. The van der Waals surface area contributed by atoms with Crippen molar-refractivity contribution in [2.45, 2.75) is 0 Å². The largest absolute Gasteiger partial charge is 0.367 e. The van der Waals surface area contributed by atoms with Crippen LogP contribution in [0.2, 0.25) is 10.2 Å². The molecule has 0 fully saturated rings. The van der Waals surface area contributed by atoms with Crippen LogP contribution in [-0.4, -0.2) is 5.16 Å². The molecule has 2 aromatic rings. The third-order valence-corrected chi connectivity index (χ3v) is 2.28. The van der Waals surface area contributed by atoms with Crippen molar-refractivity contribution in [3.63, 3.8) is 0 Å². The number of aromatic nitrogens is 1. The van der Waals surface area contributed by atoms with Crippen molar-refractivity contribution in [2.24, 2.45) is 0 Å². The first-order valence-corrected chi connectivity index (χ1v) is 4.60. The minimum absolute atomic E-state index is 0.192. The molecule has 14 heavy (non-hydrogen) atoms. The second-order valence-electron chi connectivity index (χ2n) is 2.72. The monoisotopic (exact) mass is 228 g/mol. The summed E-state index contributed by atoms with van der Waals surface area (Å²) in [6.07, 6.45) is 0. The molecule has 3 nitrogen and oxygen atoms in total. The van der Waals surface area contributed by atoms with E-state index in [1.807, 2.05) is 6.07 Å². The van der Waals surface area contributed by atoms with E-state index in [4.69, 9.17) is 33.5 Å². The summed E-state index contributed by atoms with van der Waals surface area (Å²) >= 11 is 11.6. The van der Waals surface area contributed by atoms with Gasteiger partial charge in [-0.05, 0) is 17.7 Å². The first-order chi connectivity index (χ1) is 6.68. The van der Waals surface area contributed by atoms with Gasteiger partial charge < -0.3 is 10.3 Å². The third-order valence-electron chi connectivity index (χ3n) is 1.79. The molecule has 0 bridgehead atoms. The highest BCUT2D eigenvalue weighted by Gasteiger charge is 2.13. The van der Waals surface area contributed by atoms with Crippen LogP contribution in [0.4, 0.5) is 5.88 Å². The van der Waals surface area contributed by atoms with Crippen LogP contribution in [-0.2, 0) is 0 Å². The van der Waals surface area contributed by atoms with Crippen molar-refractivity contribution in [3.8, 4) is 11.1 Å². The molecule has 1 aromatic carbocycles. The summed E-state index contributed by atoms with van der Waals surface area (Å²) < 4.78 is 4.74. The van der Waals surface area contributed by atoms with Crippen LogP contribution < -0.4 is 5.73 Å². The lowest BCUT2D eigenvalue weighted by atomic mass is 10.1. The van der Waals surface area contributed by atoms with Crippen LogP contribution in [0.25, 0.3) is 11.1 Å². The van der Waals surface area contributed by atoms with Crippen LogP contribution in [0.1, 0.15) is 0 Å². The number of rotatable bonds is 1. The highest BCUT2D eigenvalue weighted by molar-refractivity contribution is 6.33. The Labute approximate surface area is 90.4 Å². The van der Waals surface area contributed by atoms with Gasteiger partial charge in [0.2, 0.25) is 5.88 Å². The van der Waals surface area contributed by atoms with Gasteiger partial charge in [0, 0.05) is 5.02 Å². The van der Waals surface area contributed by atoms with E-state index in [0.29, 0.717) is 10.6 Å². The molecular weight excluding hydrogens is 223 g/mol. The maximum atomic E-state index is 5.83. The summed E-state index contributed by atoms with van der Waals surface area (Å²) in [6.45, 7) is 0. The van der Waals surface area contributed by atoms with E-state index in [0.717, 1.165) is 5.56 Å². The summed E-state index contributed by atoms with van der Waals surface area (Å²) in [4.78, 5) is 0. The number of nitrogen functional groups attached to an aromatic ring is 1. The molecule has 2 N–H and O–H groups in total. The van der Waals surface area contributed by atoms with Crippen LogP contribution in [0.3, 0.4) is 0 Å². The molecule has 0 saturated carbocycles. The van der Waals surface area contributed by atoms with Crippen molar-refractivity contribution in [2.75, 3.05) is 5.73 Å². The van der Waals surface area contributed by atoms with Crippen LogP contribution >= 0.6 is 23.2 Å². The summed E-state index contributed by atoms with van der Waals surface area (Å²) in [6, 6.07) is 7.15. The average Bonchev–Trinajstić information content (AvgIpc) is 2.46. The van der Waals surface area contributed by atoms with Gasteiger partial charge in [0.1, 0.15) is 0 Å². The molecule has 0 atom stereocenters. The lowest BCUT2D eigenvalue weighted by Crippen LogP contribution is -1.85. The quantitative estimate of drug-likeness (QED) is 0.816. The summed E-state index contributed by atoms with van der Waals surface area (Å²) in [5.41, 5.74) is 6.94. The molecule has 0 amide bonds. The van der Waals surface area contributed by atoms with E-state index in [9.17, 15) is 0 Å². The number of nitrogens with zero attached hydrogens (tertiary/aromatic N) is 1. The fourth-order valence-corrected chi connectivity index (χ4v) is 1.61. The Morgan fingerprint density at radius 3 is 2.64 bits per heavy atom. The smallest absolute Gasteiger partial charge is 0.231 e. The van der Waals surface area contributed by atoms with E-state index in [2.05, 4.69) is 5.16 Å². The van der Waals surface area contributed by atoms with E-state index in [1.54, 1.807) is 18.2 Å². The van der Waals surface area contributed by atoms with Gasteiger partial charge in [0.15, 0.2) is 5.15 Å². The highest BCUT2D eigenvalue weighted by atomic mass is 35.5. The third kappa shape index (κ3) is 1.56. The Hall–Kier alpha value is -1.19. The van der Waals surface area contributed by atoms with Gasteiger partial charge in [-0.1, -0.05) is 40.5 Å². The van der Waals surface area contributed by atoms with Crippen molar-refractivity contribution in [1.29, 1.82) is 0 Å². The second kappa shape index (κ2) is 3.52. The molecule has 1 aromatic heterocycles. The zero-order chi connectivity index (χ0) is 10.1. The number of benzene rings is 1. The van der Waals surface area contributed by atoms with E-state index >= 15 is 0 Å². The SMILES string of the molecule is Nc1onc(Cl)c1-c1cccc(Cl)c1. The number of hydrogen-bond acceptors (Lipinski definition) is 3. The van der Waals surface area contributed by atoms with Gasteiger partial charge in [-0.15, -0.1) is 0 Å². The molecule has 0 saturated heterocycles. The summed E-state index contributed by atoms with van der Waals surface area (Å²) in [7, 11) is 0. The molecule has 2 rings (SSSR count). The van der Waals surface area contributed by atoms with Gasteiger partial charge in [-0.2, -0.15) is 0 Å². The molecular formula is C9H6Cl2N2O. The molecule has 1 heterocycles. The van der Waals surface area contributed by atoms with Crippen molar-refractivity contribution in [1.82, 2.24) is 5.16 Å². The van der Waals surface area contributed by atoms with Crippen molar-refractivity contribution < 1.29 is 4.52 Å². The lowest BCUT2D eigenvalue weighted by molar-refractivity contribution is 0.437. The maximum Gasteiger partial charge on any atom is 0.231 e. The lowest BCUT2D eigenvalue weighted by Gasteiger charge is -1.98. The van der Waals surface area contributed by atoms with Crippen molar-refractivity contribution >= 4 is 29.1 Å². The first-order valence-electron chi connectivity index (χ1n) is 3.85. The topological polar surface area (TPSA) is 52.0 Å². The standard InChI is InChI=1S/C9H6Cl2N2O/c10-6-3-1-2-5(4-6)7-8(11)13-14-9(7)12/h1-4H,12H2. The maximum absolute atomic E-state index is 5.83. The molecule has 0 aliphatic heterocycles. The van der Waals surface area contributed by atoms with E-state index in [-0.39, 0.29) is 11.0 Å². The molecule has 0 spiro atoms. The number of halogens is 2. The number of hydrogen-bond donors (Lipinski definition) is 1. The molecule has 0 unspecified atom stereocenters. The Morgan fingerprint density at radius 2 is 2.07 bits per heavy atom. The Morgan fingerprint density at radius 1 is 1.29 bits per heavy atom. The Kier molecular flexibility index (Phi) is 2.35. The van der Waals surface area contributed by atoms with E-state index < -0.39 is 0 Å². The zero-order valence-electron chi connectivity index (χ0n) is 7.00. The van der Waals surface area contributed by atoms with Crippen LogP contribution in [0, 0.1) is 0 Å². The molecule has 72 valence electrons. The van der Waals surface area contributed by atoms with E-state index in [1.165, 1.54) is 0 Å². The number of anilines is 1. The minimum atomic E-state index is 0.192. The van der Waals surface area contributed by atoms with Crippen LogP contribution in [0.5, 0.6) is 0 Å². The summed E-state index contributed by atoms with van der Waals surface area (Å²) in [5.74, 6) is 0.192. The molecule has 0 aliphatic rings. The first kappa shape index (κ1) is 9.37. The fourth-order valence-electron chi connectivity index (χ4n) is 1.19. The molecule has 0 radical (unpaired) electrons. The highest BCUT2D eigenvalue weighted by Crippen LogP contribution is 2.33. The van der Waals surface area contributed by atoms with Crippen molar-refractivity contribution in [3.05, 3.63) is 34.4 Å². The number of nitrogens with two attached hydrogens (primary N) is 1. The minimum Gasteiger partial charge on any atom is -0.367 e. The zero-order valence-corrected chi connectivity index (χ0v) is 8.51. The van der Waals surface area contributed by atoms with Gasteiger partial charge >= 0.3 is 0 Å². The summed E-state index contributed by atoms with van der Waals surface area (Å²) in [5, 5.41) is 4.40. The van der Waals surface area contributed by atoms with Crippen LogP contribution in [0.15, 0.2) is 28.8 Å². The predicted molar refractivity (Wildman–Crippen MR) is 56.4 cm³/mol. The normalized spacial score (nSPS) is 10.4.